The van der Waals surface area contributed by atoms with Gasteiger partial charge in [-0.1, -0.05) is 173 Å². The van der Waals surface area contributed by atoms with Crippen molar-refractivity contribution in [2.45, 2.75) is 213 Å². The largest absolute Gasteiger partial charge is 0.462 e. The molecule has 0 radical (unpaired) electrons. The molecule has 0 saturated heterocycles. The van der Waals surface area contributed by atoms with Crippen molar-refractivity contribution < 1.29 is 24.2 Å². The molecule has 46 heavy (non-hydrogen) atoms. The van der Waals surface area contributed by atoms with Gasteiger partial charge in [-0.25, -0.2) is 0 Å². The van der Waals surface area contributed by atoms with E-state index in [0.29, 0.717) is 12.8 Å². The molecule has 0 bridgehead atoms. The van der Waals surface area contributed by atoms with Crippen molar-refractivity contribution in [3.05, 3.63) is 24.3 Å². The number of hydrogen-bond acceptors (Lipinski definition) is 5. The topological polar surface area (TPSA) is 72.8 Å². The lowest BCUT2D eigenvalue weighted by atomic mass is 10.0. The van der Waals surface area contributed by atoms with Gasteiger partial charge in [0.15, 0.2) is 6.10 Å². The van der Waals surface area contributed by atoms with Crippen LogP contribution in [0.3, 0.4) is 0 Å². The van der Waals surface area contributed by atoms with Gasteiger partial charge >= 0.3 is 11.9 Å². The van der Waals surface area contributed by atoms with Crippen LogP contribution in [0.4, 0.5) is 0 Å². The molecule has 0 aromatic carbocycles. The third-order valence-electron chi connectivity index (χ3n) is 8.75. The SMILES string of the molecule is CCCCCC=CCC=CCCCCCCCCCCCC(=O)O[C@@H](CO)COC(=O)CCCCCCCCCCCCCCC. The molecule has 0 aliphatic heterocycles. The smallest absolute Gasteiger partial charge is 0.306 e. The van der Waals surface area contributed by atoms with E-state index in [9.17, 15) is 14.7 Å². The second-order valence-corrected chi connectivity index (χ2v) is 13.4. The maximum atomic E-state index is 12.2. The number of rotatable bonds is 36. The fraction of sp³-hybridized carbons (Fsp3) is 0.854. The predicted molar refractivity (Wildman–Crippen MR) is 196 cm³/mol. The summed E-state index contributed by atoms with van der Waals surface area (Å²) in [4.78, 5) is 24.2. The van der Waals surface area contributed by atoms with Gasteiger partial charge in [0.1, 0.15) is 6.61 Å². The van der Waals surface area contributed by atoms with Gasteiger partial charge in [-0.15, -0.1) is 0 Å². The van der Waals surface area contributed by atoms with Crippen molar-refractivity contribution in [3.63, 3.8) is 0 Å². The number of allylic oxidation sites excluding steroid dienone is 4. The minimum absolute atomic E-state index is 0.0632. The highest BCUT2D eigenvalue weighted by molar-refractivity contribution is 5.70. The molecule has 0 unspecified atom stereocenters. The van der Waals surface area contributed by atoms with Crippen molar-refractivity contribution in [1.82, 2.24) is 0 Å². The monoisotopic (exact) mass is 649 g/mol. The highest BCUT2D eigenvalue weighted by Gasteiger charge is 2.16. The molecule has 1 N–H and O–H groups in total. The van der Waals surface area contributed by atoms with Crippen LogP contribution in [0.1, 0.15) is 206 Å². The highest BCUT2D eigenvalue weighted by Crippen LogP contribution is 2.14. The van der Waals surface area contributed by atoms with E-state index in [4.69, 9.17) is 9.47 Å². The molecule has 0 heterocycles. The summed E-state index contributed by atoms with van der Waals surface area (Å²) in [5.41, 5.74) is 0. The minimum atomic E-state index is -0.768. The molecule has 1 atom stereocenters. The van der Waals surface area contributed by atoms with E-state index in [0.717, 1.165) is 44.9 Å². The number of ether oxygens (including phenoxy) is 2. The Kier molecular flexibility index (Phi) is 36.5. The van der Waals surface area contributed by atoms with Crippen molar-refractivity contribution in [3.8, 4) is 0 Å². The van der Waals surface area contributed by atoms with Crippen LogP contribution >= 0.6 is 0 Å². The van der Waals surface area contributed by atoms with Gasteiger partial charge in [0, 0.05) is 12.8 Å². The summed E-state index contributed by atoms with van der Waals surface area (Å²) >= 11 is 0. The summed E-state index contributed by atoms with van der Waals surface area (Å²) in [6, 6.07) is 0. The number of hydrogen-bond donors (Lipinski definition) is 1. The molecule has 0 saturated carbocycles. The first-order valence-electron chi connectivity index (χ1n) is 19.9. The van der Waals surface area contributed by atoms with Crippen LogP contribution in [0.2, 0.25) is 0 Å². The maximum absolute atomic E-state index is 12.2. The Morgan fingerprint density at radius 1 is 0.500 bits per heavy atom. The number of carbonyl (C=O) groups excluding carboxylic acids is 2. The van der Waals surface area contributed by atoms with Crippen molar-refractivity contribution in [2.75, 3.05) is 13.2 Å². The van der Waals surface area contributed by atoms with E-state index in [1.54, 1.807) is 0 Å². The fourth-order valence-corrected chi connectivity index (χ4v) is 5.70. The molecular formula is C41H76O5. The van der Waals surface area contributed by atoms with E-state index in [-0.39, 0.29) is 25.2 Å². The van der Waals surface area contributed by atoms with Crippen LogP contribution in [0.15, 0.2) is 24.3 Å². The Morgan fingerprint density at radius 2 is 0.870 bits per heavy atom. The molecule has 0 rings (SSSR count). The summed E-state index contributed by atoms with van der Waals surface area (Å²) in [6.07, 6.45) is 43.8. The summed E-state index contributed by atoms with van der Waals surface area (Å²) < 4.78 is 10.6. The molecular weight excluding hydrogens is 572 g/mol. The Labute approximate surface area is 285 Å². The van der Waals surface area contributed by atoms with E-state index >= 15 is 0 Å². The van der Waals surface area contributed by atoms with Crippen molar-refractivity contribution >= 4 is 11.9 Å². The molecule has 0 aliphatic rings. The summed E-state index contributed by atoms with van der Waals surface area (Å²) in [5, 5.41) is 9.55. The Hall–Kier alpha value is -1.62. The third-order valence-corrected chi connectivity index (χ3v) is 8.75. The predicted octanol–water partition coefficient (Wildman–Crippen LogP) is 12.3. The molecule has 5 heteroatoms. The van der Waals surface area contributed by atoms with E-state index in [2.05, 4.69) is 38.2 Å². The van der Waals surface area contributed by atoms with Gasteiger partial charge in [0.2, 0.25) is 0 Å². The van der Waals surface area contributed by atoms with Crippen LogP contribution in [-0.2, 0) is 19.1 Å². The number of unbranched alkanes of at least 4 members (excludes halogenated alkanes) is 24. The van der Waals surface area contributed by atoms with Crippen LogP contribution in [-0.4, -0.2) is 36.4 Å². The zero-order chi connectivity index (χ0) is 33.6. The summed E-state index contributed by atoms with van der Waals surface area (Å²) in [5.74, 6) is -0.588. The van der Waals surface area contributed by atoms with E-state index in [1.165, 1.54) is 135 Å². The number of aliphatic hydroxyl groups excluding tert-OH is 1. The average Bonchev–Trinajstić information content (AvgIpc) is 3.06. The van der Waals surface area contributed by atoms with Crippen LogP contribution < -0.4 is 0 Å². The average molecular weight is 649 g/mol. The summed E-state index contributed by atoms with van der Waals surface area (Å²) in [6.45, 7) is 4.12. The van der Waals surface area contributed by atoms with Gasteiger partial charge in [0.25, 0.3) is 0 Å². The Bertz CT molecular complexity index is 701. The van der Waals surface area contributed by atoms with E-state index < -0.39 is 6.10 Å². The number of esters is 2. The third kappa shape index (κ3) is 35.2. The maximum Gasteiger partial charge on any atom is 0.306 e. The normalized spacial score (nSPS) is 12.3. The molecule has 0 spiro atoms. The van der Waals surface area contributed by atoms with Gasteiger partial charge in [-0.05, 0) is 44.9 Å². The molecule has 270 valence electrons. The molecule has 0 fully saturated rings. The lowest BCUT2D eigenvalue weighted by molar-refractivity contribution is -0.161. The molecule has 0 aromatic heterocycles. The van der Waals surface area contributed by atoms with Crippen molar-refractivity contribution in [1.29, 1.82) is 0 Å². The quantitative estimate of drug-likeness (QED) is 0.0416. The Morgan fingerprint density at radius 3 is 1.33 bits per heavy atom. The second-order valence-electron chi connectivity index (χ2n) is 13.4. The van der Waals surface area contributed by atoms with Crippen LogP contribution in [0.25, 0.3) is 0 Å². The van der Waals surface area contributed by atoms with Gasteiger partial charge in [0.05, 0.1) is 6.61 Å². The van der Waals surface area contributed by atoms with Gasteiger partial charge in [-0.2, -0.15) is 0 Å². The first-order valence-corrected chi connectivity index (χ1v) is 19.9. The number of aliphatic hydroxyl groups is 1. The number of carbonyl (C=O) groups is 2. The highest BCUT2D eigenvalue weighted by atomic mass is 16.6. The van der Waals surface area contributed by atoms with E-state index in [1.807, 2.05) is 0 Å². The van der Waals surface area contributed by atoms with Gasteiger partial charge in [-0.3, -0.25) is 9.59 Å². The van der Waals surface area contributed by atoms with Crippen LogP contribution in [0.5, 0.6) is 0 Å². The van der Waals surface area contributed by atoms with Crippen molar-refractivity contribution in [2.24, 2.45) is 0 Å². The van der Waals surface area contributed by atoms with Gasteiger partial charge < -0.3 is 14.6 Å². The second kappa shape index (κ2) is 37.8. The first kappa shape index (κ1) is 44.4. The molecule has 5 nitrogen and oxygen atoms in total. The molecule has 0 amide bonds. The lowest BCUT2D eigenvalue weighted by Crippen LogP contribution is -2.28. The fourth-order valence-electron chi connectivity index (χ4n) is 5.70. The first-order chi connectivity index (χ1) is 22.6. The Balaban J connectivity index is 3.53. The minimum Gasteiger partial charge on any atom is -0.462 e. The zero-order valence-corrected chi connectivity index (χ0v) is 30.6. The summed E-state index contributed by atoms with van der Waals surface area (Å²) in [7, 11) is 0. The lowest BCUT2D eigenvalue weighted by Gasteiger charge is -2.15. The van der Waals surface area contributed by atoms with Crippen LogP contribution in [0, 0.1) is 0 Å². The molecule has 0 aliphatic carbocycles. The zero-order valence-electron chi connectivity index (χ0n) is 30.6. The molecule has 0 aromatic rings. The standard InChI is InChI=1S/C41H76O5/c1-3-5-7-9-11-13-15-17-18-19-20-21-22-24-26-28-30-32-34-36-41(44)46-39(37-42)38-45-40(43)35-33-31-29-27-25-23-16-14-12-10-8-6-4-2/h11,13,17-18,39,42H,3-10,12,14-16,19-38H2,1-2H3/t39-/m0/s1.